The monoisotopic (exact) mass is 424 g/mol. The minimum Gasteiger partial charge on any atom is -0.493 e. The van der Waals surface area contributed by atoms with E-state index in [9.17, 15) is 9.59 Å². The number of hydrogen-bond acceptors (Lipinski definition) is 6. The molecule has 2 aromatic carbocycles. The van der Waals surface area contributed by atoms with Crippen molar-refractivity contribution < 1.29 is 23.7 Å². The lowest BCUT2D eigenvalue weighted by Crippen LogP contribution is -2.38. The van der Waals surface area contributed by atoms with Crippen LogP contribution in [0.1, 0.15) is 6.92 Å². The zero-order chi connectivity index (χ0) is 21.8. The summed E-state index contributed by atoms with van der Waals surface area (Å²) in [4.78, 5) is 28.6. The first kappa shape index (κ1) is 20.6. The molecule has 1 aliphatic heterocycles. The lowest BCUT2D eigenvalue weighted by Gasteiger charge is -2.22. The highest BCUT2D eigenvalue weighted by Gasteiger charge is 2.35. The molecule has 8 heteroatoms. The number of carbonyl (C=O) groups excluding carboxylic acids is 1. The molecule has 162 valence electrons. The van der Waals surface area contributed by atoms with Crippen molar-refractivity contribution in [2.45, 2.75) is 19.1 Å². The highest BCUT2D eigenvalue weighted by molar-refractivity contribution is 5.87. The van der Waals surface area contributed by atoms with E-state index in [1.165, 1.54) is 6.20 Å². The van der Waals surface area contributed by atoms with Gasteiger partial charge in [-0.15, -0.1) is 0 Å². The normalized spacial score (nSPS) is 16.8. The van der Waals surface area contributed by atoms with Crippen LogP contribution in [0.15, 0.2) is 59.5 Å². The van der Waals surface area contributed by atoms with Gasteiger partial charge in [-0.2, -0.15) is 0 Å². The van der Waals surface area contributed by atoms with Crippen molar-refractivity contribution in [2.75, 3.05) is 26.9 Å². The van der Waals surface area contributed by atoms with Crippen molar-refractivity contribution in [3.05, 3.63) is 65.1 Å². The molecule has 1 saturated heterocycles. The van der Waals surface area contributed by atoms with Crippen molar-refractivity contribution in [1.29, 1.82) is 0 Å². The van der Waals surface area contributed by atoms with E-state index in [0.29, 0.717) is 41.2 Å². The number of pyridine rings is 1. The lowest BCUT2D eigenvalue weighted by molar-refractivity contribution is 0.101. The predicted octanol–water partition coefficient (Wildman–Crippen LogP) is 3.20. The van der Waals surface area contributed by atoms with E-state index in [1.54, 1.807) is 24.1 Å². The Balaban J connectivity index is 1.35. The first-order chi connectivity index (χ1) is 15.1. The van der Waals surface area contributed by atoms with Gasteiger partial charge in [-0.3, -0.25) is 9.69 Å². The zero-order valence-corrected chi connectivity index (χ0v) is 17.4. The summed E-state index contributed by atoms with van der Waals surface area (Å²) in [6.07, 6.45) is 0.700. The molecule has 4 rings (SSSR count). The first-order valence-corrected chi connectivity index (χ1v) is 10.0. The molecular formula is C23H24N2O6. The second-order valence-electron chi connectivity index (χ2n) is 7.31. The molecule has 0 spiro atoms. The number of benzene rings is 2. The number of amides is 1. The van der Waals surface area contributed by atoms with Crippen LogP contribution in [0.25, 0.3) is 10.8 Å². The summed E-state index contributed by atoms with van der Waals surface area (Å²) in [5.41, 5.74) is -0.176. The maximum Gasteiger partial charge on any atom is 0.410 e. The predicted molar refractivity (Wildman–Crippen MR) is 115 cm³/mol. The Morgan fingerprint density at radius 1 is 1.03 bits per heavy atom. The number of cyclic esters (lactones) is 1. The minimum atomic E-state index is -0.424. The number of aromatic nitrogens is 1. The molecule has 1 unspecified atom stereocenters. The van der Waals surface area contributed by atoms with Crippen molar-refractivity contribution in [1.82, 2.24) is 9.88 Å². The summed E-state index contributed by atoms with van der Waals surface area (Å²) < 4.78 is 22.5. The van der Waals surface area contributed by atoms with E-state index in [0.717, 1.165) is 0 Å². The largest absolute Gasteiger partial charge is 0.493 e. The summed E-state index contributed by atoms with van der Waals surface area (Å²) >= 11 is 0. The minimum absolute atomic E-state index is 0.176. The van der Waals surface area contributed by atoms with Crippen LogP contribution in [0.5, 0.6) is 17.2 Å². The van der Waals surface area contributed by atoms with Gasteiger partial charge in [0.05, 0.1) is 25.1 Å². The number of carbonyl (C=O) groups is 1. The van der Waals surface area contributed by atoms with Gasteiger partial charge in [0.15, 0.2) is 17.6 Å². The second kappa shape index (κ2) is 8.99. The van der Waals surface area contributed by atoms with Gasteiger partial charge >= 0.3 is 6.09 Å². The molecule has 31 heavy (non-hydrogen) atoms. The van der Waals surface area contributed by atoms with Gasteiger partial charge in [0.2, 0.25) is 0 Å². The molecule has 3 aromatic rings. The molecule has 8 nitrogen and oxygen atoms in total. The van der Waals surface area contributed by atoms with E-state index in [-0.39, 0.29) is 18.2 Å². The highest BCUT2D eigenvalue weighted by atomic mass is 16.6. The number of nitrogens with one attached hydrogen (secondary N) is 1. The number of rotatable bonds is 8. The number of nitrogens with zero attached hydrogens (tertiary/aromatic N) is 1. The molecular weight excluding hydrogens is 400 g/mol. The zero-order valence-electron chi connectivity index (χ0n) is 17.4. The molecule has 1 N–H and O–H groups in total. The Labute approximate surface area is 179 Å². The summed E-state index contributed by atoms with van der Waals surface area (Å²) in [5, 5.41) is 1.26. The topological polar surface area (TPSA) is 90.1 Å². The fourth-order valence-electron chi connectivity index (χ4n) is 3.51. The molecule has 0 bridgehead atoms. The number of H-pyrrole nitrogens is 1. The number of methoxy groups -OCH3 is 1. The van der Waals surface area contributed by atoms with E-state index in [2.05, 4.69) is 4.98 Å². The number of aromatic amines is 1. The van der Waals surface area contributed by atoms with Gasteiger partial charge in [0.1, 0.15) is 19.0 Å². The van der Waals surface area contributed by atoms with E-state index < -0.39 is 12.2 Å². The van der Waals surface area contributed by atoms with E-state index in [1.807, 2.05) is 43.3 Å². The van der Waals surface area contributed by atoms with Gasteiger partial charge < -0.3 is 23.9 Å². The molecule has 1 aromatic heterocycles. The Bertz CT molecular complexity index is 1130. The van der Waals surface area contributed by atoms with Crippen LogP contribution in [-0.2, 0) is 4.74 Å². The molecule has 1 aliphatic rings. The summed E-state index contributed by atoms with van der Waals surface area (Å²) in [6.45, 7) is 2.76. The van der Waals surface area contributed by atoms with Gasteiger partial charge in [-0.25, -0.2) is 4.79 Å². The lowest BCUT2D eigenvalue weighted by atomic mass is 10.1. The number of ether oxygens (including phenoxy) is 4. The number of hydrogen-bond donors (Lipinski definition) is 1. The highest BCUT2D eigenvalue weighted by Crippen LogP contribution is 2.27. The van der Waals surface area contributed by atoms with Crippen LogP contribution in [-0.4, -0.2) is 55.0 Å². The van der Waals surface area contributed by atoms with Crippen LogP contribution in [0, 0.1) is 0 Å². The average Bonchev–Trinajstić information content (AvgIpc) is 3.18. The maximum absolute atomic E-state index is 12.3. The SMILES string of the molecule is COc1ccccc1OC[C@H](C)N1CC(COc2c[nH]c(=O)c3ccccc23)OC1=O. The quantitative estimate of drug-likeness (QED) is 0.597. The average molecular weight is 424 g/mol. The first-order valence-electron chi connectivity index (χ1n) is 10.0. The van der Waals surface area contributed by atoms with Crippen molar-refractivity contribution in [2.24, 2.45) is 0 Å². The fourth-order valence-corrected chi connectivity index (χ4v) is 3.51. The molecule has 0 radical (unpaired) electrons. The van der Waals surface area contributed by atoms with Crippen LogP contribution in [0.2, 0.25) is 0 Å². The number of para-hydroxylation sites is 2. The Hall–Kier alpha value is -3.68. The van der Waals surface area contributed by atoms with Gasteiger partial charge in [-0.1, -0.05) is 30.3 Å². The van der Waals surface area contributed by atoms with Crippen LogP contribution >= 0.6 is 0 Å². The summed E-state index contributed by atoms with van der Waals surface area (Å²) in [5.74, 6) is 1.80. The second-order valence-corrected chi connectivity index (χ2v) is 7.31. The van der Waals surface area contributed by atoms with E-state index >= 15 is 0 Å². The van der Waals surface area contributed by atoms with Gasteiger partial charge in [-0.05, 0) is 25.1 Å². The fraction of sp³-hybridized carbons (Fsp3) is 0.304. The Morgan fingerprint density at radius 3 is 2.52 bits per heavy atom. The van der Waals surface area contributed by atoms with Gasteiger partial charge in [0.25, 0.3) is 5.56 Å². The molecule has 1 amide bonds. The number of fused-ring (bicyclic) bond motifs is 1. The smallest absolute Gasteiger partial charge is 0.410 e. The Kier molecular flexibility index (Phi) is 5.97. The van der Waals surface area contributed by atoms with Crippen LogP contribution in [0.4, 0.5) is 4.79 Å². The van der Waals surface area contributed by atoms with Crippen molar-refractivity contribution in [3.63, 3.8) is 0 Å². The maximum atomic E-state index is 12.3. The van der Waals surface area contributed by atoms with Crippen molar-refractivity contribution in [3.8, 4) is 17.2 Å². The van der Waals surface area contributed by atoms with E-state index in [4.69, 9.17) is 18.9 Å². The molecule has 0 saturated carbocycles. The van der Waals surface area contributed by atoms with Crippen LogP contribution in [0.3, 0.4) is 0 Å². The molecule has 2 atom stereocenters. The standard InChI is InChI=1S/C23H24N2O6/c1-15(13-29-20-10-6-5-9-19(20)28-2)25-12-16(31-23(25)27)14-30-21-11-24-22(26)18-8-4-3-7-17(18)21/h3-11,15-16H,12-14H2,1-2H3,(H,24,26)/t15-,16?/m0/s1. The molecule has 0 aliphatic carbocycles. The third-order valence-corrected chi connectivity index (χ3v) is 5.18. The van der Waals surface area contributed by atoms with Crippen LogP contribution < -0.4 is 19.8 Å². The summed E-state index contributed by atoms with van der Waals surface area (Å²) in [6, 6.07) is 14.4. The third-order valence-electron chi connectivity index (χ3n) is 5.18. The molecule has 2 heterocycles. The third kappa shape index (κ3) is 4.42. The van der Waals surface area contributed by atoms with Crippen molar-refractivity contribution >= 4 is 16.9 Å². The summed E-state index contributed by atoms with van der Waals surface area (Å²) in [7, 11) is 1.58. The molecule has 1 fully saturated rings. The Morgan fingerprint density at radius 2 is 1.74 bits per heavy atom. The van der Waals surface area contributed by atoms with Gasteiger partial charge in [0, 0.05) is 11.6 Å².